The molecule has 0 saturated heterocycles. The number of amides is 1. The highest BCUT2D eigenvalue weighted by Crippen LogP contribution is 2.36. The maximum atomic E-state index is 12.9. The van der Waals surface area contributed by atoms with Crippen LogP contribution in [0.5, 0.6) is 0 Å². The second kappa shape index (κ2) is 8.08. The highest BCUT2D eigenvalue weighted by molar-refractivity contribution is 6.31. The summed E-state index contributed by atoms with van der Waals surface area (Å²) in [6.45, 7) is 3.50. The average molecular weight is 425 g/mol. The van der Waals surface area contributed by atoms with Crippen LogP contribution >= 0.6 is 11.6 Å². The van der Waals surface area contributed by atoms with E-state index in [-0.39, 0.29) is 12.2 Å². The van der Waals surface area contributed by atoms with E-state index in [9.17, 15) is 18.0 Å². The molecule has 0 atom stereocenters. The molecule has 1 aromatic heterocycles. The predicted molar refractivity (Wildman–Crippen MR) is 102 cm³/mol. The van der Waals surface area contributed by atoms with Gasteiger partial charge in [-0.15, -0.1) is 5.10 Å². The van der Waals surface area contributed by atoms with Crippen molar-refractivity contribution in [1.29, 1.82) is 0 Å². The molecular formula is C18H16ClF3N6O. The van der Waals surface area contributed by atoms with Crippen LogP contribution in [0.3, 0.4) is 0 Å². The smallest absolute Gasteiger partial charge is 0.376 e. The molecule has 11 heteroatoms. The van der Waals surface area contributed by atoms with Crippen LogP contribution < -0.4 is 10.6 Å². The van der Waals surface area contributed by atoms with Gasteiger partial charge in [0.05, 0.1) is 22.8 Å². The number of rotatable bonds is 5. The van der Waals surface area contributed by atoms with Gasteiger partial charge in [0.15, 0.2) is 5.82 Å². The van der Waals surface area contributed by atoms with E-state index in [4.69, 9.17) is 11.6 Å². The lowest BCUT2D eigenvalue weighted by Gasteiger charge is -2.13. The van der Waals surface area contributed by atoms with Crippen LogP contribution in [0, 0.1) is 13.8 Å². The Balaban J connectivity index is 1.68. The number of benzene rings is 2. The van der Waals surface area contributed by atoms with Crippen molar-refractivity contribution in [1.82, 2.24) is 20.2 Å². The zero-order chi connectivity index (χ0) is 21.2. The van der Waals surface area contributed by atoms with Crippen LogP contribution in [0.15, 0.2) is 36.4 Å². The van der Waals surface area contributed by atoms with Gasteiger partial charge in [0, 0.05) is 11.4 Å². The fraction of sp³-hybridized carbons (Fsp3) is 0.222. The molecule has 0 fully saturated rings. The van der Waals surface area contributed by atoms with Gasteiger partial charge in [-0.3, -0.25) is 4.79 Å². The lowest BCUT2D eigenvalue weighted by Crippen LogP contribution is -2.22. The second-order valence-corrected chi connectivity index (χ2v) is 6.64. The molecule has 1 heterocycles. The van der Waals surface area contributed by atoms with Crippen LogP contribution in [-0.4, -0.2) is 32.7 Å². The molecule has 2 aromatic carbocycles. The van der Waals surface area contributed by atoms with Crippen LogP contribution in [-0.2, 0) is 11.0 Å². The Morgan fingerprint density at radius 2 is 1.86 bits per heavy atom. The minimum atomic E-state index is -4.61. The van der Waals surface area contributed by atoms with Crippen LogP contribution in [0.2, 0.25) is 5.02 Å². The van der Waals surface area contributed by atoms with Crippen molar-refractivity contribution in [3.05, 3.63) is 58.4 Å². The van der Waals surface area contributed by atoms with Gasteiger partial charge in [0.1, 0.15) is 0 Å². The van der Waals surface area contributed by atoms with E-state index in [1.165, 1.54) is 6.07 Å². The number of carbonyl (C=O) groups is 1. The zero-order valence-electron chi connectivity index (χ0n) is 15.4. The Labute approximate surface area is 168 Å². The summed E-state index contributed by atoms with van der Waals surface area (Å²) in [4.78, 5) is 12.1. The molecule has 0 spiro atoms. The Morgan fingerprint density at radius 1 is 1.14 bits per heavy atom. The largest absolute Gasteiger partial charge is 0.417 e. The third-order valence-electron chi connectivity index (χ3n) is 4.07. The summed E-state index contributed by atoms with van der Waals surface area (Å²) in [6.07, 6.45) is -4.61. The summed E-state index contributed by atoms with van der Waals surface area (Å²) >= 11 is 5.58. The Hall–Kier alpha value is -3.14. The molecule has 0 saturated carbocycles. The monoisotopic (exact) mass is 424 g/mol. The number of tetrazole rings is 1. The quantitative estimate of drug-likeness (QED) is 0.646. The van der Waals surface area contributed by atoms with E-state index >= 15 is 0 Å². The Bertz CT molecular complexity index is 1050. The molecule has 152 valence electrons. The molecular weight excluding hydrogens is 409 g/mol. The molecule has 1 amide bonds. The lowest BCUT2D eigenvalue weighted by molar-refractivity contribution is -0.137. The van der Waals surface area contributed by atoms with Crippen molar-refractivity contribution in [2.45, 2.75) is 20.0 Å². The van der Waals surface area contributed by atoms with Crippen LogP contribution in [0.25, 0.3) is 5.69 Å². The third-order valence-corrected chi connectivity index (χ3v) is 4.40. The average Bonchev–Trinajstić information content (AvgIpc) is 3.07. The van der Waals surface area contributed by atoms with Gasteiger partial charge in [0.25, 0.3) is 0 Å². The Morgan fingerprint density at radius 3 is 2.52 bits per heavy atom. The fourth-order valence-electron chi connectivity index (χ4n) is 2.61. The molecule has 29 heavy (non-hydrogen) atoms. The van der Waals surface area contributed by atoms with Crippen molar-refractivity contribution in [3.8, 4) is 5.69 Å². The molecule has 0 aliphatic rings. The van der Waals surface area contributed by atoms with Crippen molar-refractivity contribution < 1.29 is 18.0 Å². The first kappa shape index (κ1) is 20.6. The first-order chi connectivity index (χ1) is 13.6. The Kier molecular flexibility index (Phi) is 5.73. The van der Waals surface area contributed by atoms with Crippen molar-refractivity contribution >= 4 is 28.9 Å². The molecule has 0 aliphatic heterocycles. The van der Waals surface area contributed by atoms with Crippen molar-refractivity contribution in [3.63, 3.8) is 0 Å². The topological polar surface area (TPSA) is 84.7 Å². The van der Waals surface area contributed by atoms with Gasteiger partial charge in [0.2, 0.25) is 5.91 Å². The molecule has 0 unspecified atom stereocenters. The summed E-state index contributed by atoms with van der Waals surface area (Å²) in [5.41, 5.74) is 1.29. The number of anilines is 2. The molecule has 0 bridgehead atoms. The van der Waals surface area contributed by atoms with Gasteiger partial charge in [-0.2, -0.15) is 17.9 Å². The molecule has 3 rings (SSSR count). The predicted octanol–water partition coefficient (Wildman–Crippen LogP) is 4.00. The van der Waals surface area contributed by atoms with Crippen molar-refractivity contribution in [2.24, 2.45) is 0 Å². The van der Waals surface area contributed by atoms with Gasteiger partial charge in [-0.05, 0) is 60.2 Å². The summed E-state index contributed by atoms with van der Waals surface area (Å²) in [7, 11) is 0. The normalized spacial score (nSPS) is 11.4. The molecule has 3 aromatic rings. The van der Waals surface area contributed by atoms with E-state index in [1.807, 2.05) is 13.0 Å². The number of alkyl halides is 3. The SMILES string of the molecule is Cc1ccc(NCC(=O)Nc2ccc(Cl)c(C(F)(F)F)c2)cc1-n1nnnc1C. The third kappa shape index (κ3) is 4.83. The van der Waals surface area contributed by atoms with Crippen molar-refractivity contribution in [2.75, 3.05) is 17.2 Å². The minimum Gasteiger partial charge on any atom is -0.376 e. The summed E-state index contributed by atoms with van der Waals surface area (Å²) in [5.74, 6) is 0.0902. The number of hydrogen-bond acceptors (Lipinski definition) is 5. The summed E-state index contributed by atoms with van der Waals surface area (Å²) in [5, 5.41) is 16.3. The van der Waals surface area contributed by atoms with E-state index in [0.717, 1.165) is 23.4 Å². The van der Waals surface area contributed by atoms with Crippen LogP contribution in [0.1, 0.15) is 17.0 Å². The van der Waals surface area contributed by atoms with E-state index in [0.29, 0.717) is 11.5 Å². The van der Waals surface area contributed by atoms with E-state index in [2.05, 4.69) is 26.2 Å². The lowest BCUT2D eigenvalue weighted by atomic mass is 10.1. The number of hydrogen-bond donors (Lipinski definition) is 2. The zero-order valence-corrected chi connectivity index (χ0v) is 16.1. The van der Waals surface area contributed by atoms with E-state index < -0.39 is 22.7 Å². The van der Waals surface area contributed by atoms with Gasteiger partial charge < -0.3 is 10.6 Å². The molecule has 0 radical (unpaired) electrons. The first-order valence-electron chi connectivity index (χ1n) is 8.41. The number of aromatic nitrogens is 4. The maximum Gasteiger partial charge on any atom is 0.417 e. The maximum absolute atomic E-state index is 12.9. The highest BCUT2D eigenvalue weighted by atomic mass is 35.5. The minimum absolute atomic E-state index is 0.00225. The fourth-order valence-corrected chi connectivity index (χ4v) is 2.83. The number of aryl methyl sites for hydroxylation is 2. The highest BCUT2D eigenvalue weighted by Gasteiger charge is 2.33. The molecule has 0 aliphatic carbocycles. The van der Waals surface area contributed by atoms with Gasteiger partial charge in [-0.1, -0.05) is 17.7 Å². The number of halogens is 4. The number of carbonyl (C=O) groups excluding carboxylic acids is 1. The first-order valence-corrected chi connectivity index (χ1v) is 8.79. The second-order valence-electron chi connectivity index (χ2n) is 6.23. The molecule has 2 N–H and O–H groups in total. The number of nitrogens with one attached hydrogen (secondary N) is 2. The van der Waals surface area contributed by atoms with Gasteiger partial charge >= 0.3 is 6.18 Å². The molecule has 7 nitrogen and oxygen atoms in total. The standard InChI is InChI=1S/C18H16ClF3N6O/c1-10-3-4-12(8-16(10)28-11(2)25-26-27-28)23-9-17(29)24-13-5-6-15(19)14(7-13)18(20,21)22/h3-8,23H,9H2,1-2H3,(H,24,29). The number of nitrogens with zero attached hydrogens (tertiary/aromatic N) is 4. The van der Waals surface area contributed by atoms with Crippen LogP contribution in [0.4, 0.5) is 24.5 Å². The summed E-state index contributed by atoms with van der Waals surface area (Å²) in [6, 6.07) is 8.58. The van der Waals surface area contributed by atoms with E-state index in [1.54, 1.807) is 23.7 Å². The van der Waals surface area contributed by atoms with Gasteiger partial charge in [-0.25, -0.2) is 0 Å². The summed E-state index contributed by atoms with van der Waals surface area (Å²) < 4.78 is 40.3.